The van der Waals surface area contributed by atoms with Gasteiger partial charge in [0.25, 0.3) is 0 Å². The molecule has 14 N–H and O–H groups in total. The van der Waals surface area contributed by atoms with E-state index >= 15 is 0 Å². The molecule has 0 unspecified atom stereocenters. The highest BCUT2D eigenvalue weighted by molar-refractivity contribution is 5.99. The Bertz CT molecular complexity index is 2980. The molecule has 0 spiro atoms. The van der Waals surface area contributed by atoms with Gasteiger partial charge in [-0.05, 0) is 71.2 Å². The van der Waals surface area contributed by atoms with Gasteiger partial charge in [-0.3, -0.25) is 43.3 Å². The van der Waals surface area contributed by atoms with E-state index < -0.39 is 102 Å². The number of carboxylic acids is 1. The number of nitrogens with one attached hydrogen (secondary N) is 9. The summed E-state index contributed by atoms with van der Waals surface area (Å²) in [6.07, 6.45) is 3.56. The molecule has 1 aliphatic heterocycles. The van der Waals surface area contributed by atoms with Gasteiger partial charge in [-0.25, -0.2) is 9.78 Å². The number of aromatic nitrogens is 2. The lowest BCUT2D eigenvalue weighted by Crippen LogP contribution is -2.61. The molecule has 79 heavy (non-hydrogen) atoms. The standard InChI is InChI=1S/C56H71N13O10/c1-3-4-16-41(63-33(2)70)49(72)69-47-30-48(71)60-23-10-9-17-43(55(78)79)65-52(75)45(28-35-20-22-37-13-6-8-15-39(37)26-35)66-50(73)42(18-11-24-61-56(57)58)64-51(74)44(27-34-19-21-36-12-5-7-14-38(36)25-34)67-53(76)46(68-54(47)77)29-40-31-59-32-62-40/h5-8,12-15,19-22,25-26,31-32,41-47H,3-4,9-11,16-18,23-24,27-30H2,1-2H3,(H,59,62)(H,60,71)(H,63,70)(H,64,74)(H,65,75)(H,66,73)(H,67,76)(H,68,77)(H,69,72)(H,78,79)(H4,57,58,61)/t41-,42-,43-,44+,45-,46-,47-/m0/s1. The van der Waals surface area contributed by atoms with Gasteiger partial charge >= 0.3 is 5.97 Å². The van der Waals surface area contributed by atoms with Crippen LogP contribution in [0.1, 0.15) is 88.5 Å². The Kier molecular flexibility index (Phi) is 22.2. The second kappa shape index (κ2) is 29.6. The fourth-order valence-corrected chi connectivity index (χ4v) is 9.20. The van der Waals surface area contributed by atoms with Crippen LogP contribution in [-0.4, -0.2) is 130 Å². The fraction of sp³-hybridized carbons (Fsp3) is 0.411. The van der Waals surface area contributed by atoms with E-state index in [-0.39, 0.29) is 76.8 Å². The maximum Gasteiger partial charge on any atom is 0.326 e. The first kappa shape index (κ1) is 59.4. The molecule has 0 bridgehead atoms. The van der Waals surface area contributed by atoms with E-state index in [1.54, 1.807) is 12.1 Å². The van der Waals surface area contributed by atoms with Crippen molar-refractivity contribution in [2.24, 2.45) is 16.5 Å². The van der Waals surface area contributed by atoms with Crippen LogP contribution in [0.4, 0.5) is 0 Å². The number of carbonyl (C=O) groups is 9. The summed E-state index contributed by atoms with van der Waals surface area (Å²) in [5.41, 5.74) is 12.9. The second-order valence-corrected chi connectivity index (χ2v) is 19.7. The van der Waals surface area contributed by atoms with Gasteiger partial charge in [0.2, 0.25) is 47.3 Å². The molecule has 0 radical (unpaired) electrons. The van der Waals surface area contributed by atoms with Crippen LogP contribution in [-0.2, 0) is 62.4 Å². The van der Waals surface area contributed by atoms with Crippen molar-refractivity contribution in [3.63, 3.8) is 0 Å². The average Bonchev–Trinajstić information content (AvgIpc) is 3.95. The van der Waals surface area contributed by atoms with Gasteiger partial charge in [0.1, 0.15) is 42.3 Å². The monoisotopic (exact) mass is 1090 g/mol. The van der Waals surface area contributed by atoms with Crippen LogP contribution in [0, 0.1) is 0 Å². The molecule has 4 aromatic carbocycles. The topological polar surface area (TPSA) is 363 Å². The minimum Gasteiger partial charge on any atom is -0.480 e. The number of rotatable bonds is 17. The van der Waals surface area contributed by atoms with E-state index in [4.69, 9.17) is 11.5 Å². The minimum atomic E-state index is -1.60. The number of amides is 8. The van der Waals surface area contributed by atoms with Crippen LogP contribution in [0.5, 0.6) is 0 Å². The number of fused-ring (bicyclic) bond motifs is 2. The third-order valence-corrected chi connectivity index (χ3v) is 13.4. The number of unbranched alkanes of at least 4 members (excludes halogenated alkanes) is 1. The highest BCUT2D eigenvalue weighted by Gasteiger charge is 2.35. The zero-order valence-corrected chi connectivity index (χ0v) is 44.3. The SMILES string of the molecule is CCCC[C@H](NC(C)=O)C(=O)N[C@H]1CC(=O)NCCCC[C@@H](C(=O)O)NC(=O)[C@H](Cc2ccc3ccccc3c2)NC(=O)[C@H](CCCN=C(N)N)NC(=O)[C@@H](Cc2ccc3ccccc3c2)NC(=O)[C@H](Cc2cnc[nH]2)NC1=O. The summed E-state index contributed by atoms with van der Waals surface area (Å²) >= 11 is 0. The first-order valence-electron chi connectivity index (χ1n) is 26.5. The number of benzene rings is 4. The summed E-state index contributed by atoms with van der Waals surface area (Å²) in [7, 11) is 0. The number of imidazole rings is 1. The van der Waals surface area contributed by atoms with Crippen LogP contribution in [0.2, 0.25) is 0 Å². The van der Waals surface area contributed by atoms with Gasteiger partial charge in [-0.2, -0.15) is 0 Å². The highest BCUT2D eigenvalue weighted by atomic mass is 16.4. The van der Waals surface area contributed by atoms with Crippen molar-refractivity contribution < 1.29 is 48.3 Å². The van der Waals surface area contributed by atoms with E-state index in [0.29, 0.717) is 29.7 Å². The molecule has 8 amide bonds. The van der Waals surface area contributed by atoms with Crippen molar-refractivity contribution >= 4 is 80.7 Å². The van der Waals surface area contributed by atoms with E-state index in [9.17, 15) is 48.3 Å². The molecule has 23 heteroatoms. The number of nitrogens with zero attached hydrogens (tertiary/aromatic N) is 2. The van der Waals surface area contributed by atoms with Gasteiger partial charge in [0.15, 0.2) is 5.96 Å². The number of aliphatic carboxylic acids is 1. The van der Waals surface area contributed by atoms with Crippen molar-refractivity contribution in [3.05, 3.63) is 114 Å². The Hall–Kier alpha value is -8.89. The van der Waals surface area contributed by atoms with Gasteiger partial charge < -0.3 is 64.1 Å². The molecule has 1 fully saturated rings. The van der Waals surface area contributed by atoms with Crippen LogP contribution in [0.15, 0.2) is 102 Å². The Labute approximate surface area is 457 Å². The summed E-state index contributed by atoms with van der Waals surface area (Å²) in [6.45, 7) is 3.19. The molecule has 420 valence electrons. The number of carbonyl (C=O) groups excluding carboxylic acids is 8. The first-order valence-corrected chi connectivity index (χ1v) is 26.5. The Morgan fingerprint density at radius 1 is 0.709 bits per heavy atom. The molecular formula is C56H71N13O10. The molecule has 0 aliphatic carbocycles. The second-order valence-electron chi connectivity index (χ2n) is 19.7. The summed E-state index contributed by atoms with van der Waals surface area (Å²) in [6, 6.07) is 16.2. The van der Waals surface area contributed by atoms with E-state index in [1.165, 1.54) is 19.4 Å². The summed E-state index contributed by atoms with van der Waals surface area (Å²) < 4.78 is 0. The lowest BCUT2D eigenvalue weighted by molar-refractivity contribution is -0.142. The summed E-state index contributed by atoms with van der Waals surface area (Å²) in [4.78, 5) is 137. The predicted octanol–water partition coefficient (Wildman–Crippen LogP) is 1.18. The quantitative estimate of drug-likeness (QED) is 0.0354. The Balaban J connectivity index is 1.41. The van der Waals surface area contributed by atoms with Crippen LogP contribution in [0.25, 0.3) is 21.5 Å². The third kappa shape index (κ3) is 18.7. The van der Waals surface area contributed by atoms with Gasteiger partial charge in [0, 0.05) is 51.2 Å². The summed E-state index contributed by atoms with van der Waals surface area (Å²) in [5, 5.41) is 35.4. The molecule has 1 saturated heterocycles. The number of hydrogen-bond acceptors (Lipinski definition) is 11. The summed E-state index contributed by atoms with van der Waals surface area (Å²) in [5.74, 6) is -7.81. The van der Waals surface area contributed by atoms with Gasteiger partial charge in [-0.15, -0.1) is 0 Å². The van der Waals surface area contributed by atoms with Gasteiger partial charge in [-0.1, -0.05) is 105 Å². The number of aromatic amines is 1. The van der Waals surface area contributed by atoms with Crippen LogP contribution in [0.3, 0.4) is 0 Å². The number of hydrogen-bond donors (Lipinski definition) is 12. The number of H-pyrrole nitrogens is 1. The molecule has 23 nitrogen and oxygen atoms in total. The normalized spacial score (nSPS) is 20.7. The zero-order valence-electron chi connectivity index (χ0n) is 44.3. The number of carboxylic acid groups (broad SMARTS) is 1. The van der Waals surface area contributed by atoms with Crippen molar-refractivity contribution in [2.45, 2.75) is 133 Å². The molecule has 1 aromatic heterocycles. The molecule has 7 atom stereocenters. The van der Waals surface area contributed by atoms with Crippen molar-refractivity contribution in [2.75, 3.05) is 13.1 Å². The van der Waals surface area contributed by atoms with Crippen LogP contribution < -0.4 is 54.0 Å². The van der Waals surface area contributed by atoms with Crippen LogP contribution >= 0.6 is 0 Å². The minimum absolute atomic E-state index is 0.00210. The molecule has 1 aliphatic rings. The highest BCUT2D eigenvalue weighted by Crippen LogP contribution is 2.20. The molecule has 6 rings (SSSR count). The molecular weight excluding hydrogens is 1010 g/mol. The fourth-order valence-electron chi connectivity index (χ4n) is 9.20. The molecule has 5 aromatic rings. The lowest BCUT2D eigenvalue weighted by atomic mass is 9.99. The Morgan fingerprint density at radius 3 is 1.82 bits per heavy atom. The van der Waals surface area contributed by atoms with Crippen molar-refractivity contribution in [1.29, 1.82) is 0 Å². The Morgan fingerprint density at radius 2 is 1.27 bits per heavy atom. The average molecular weight is 1090 g/mol. The van der Waals surface area contributed by atoms with Gasteiger partial charge in [0.05, 0.1) is 12.7 Å². The maximum absolute atomic E-state index is 15.0. The van der Waals surface area contributed by atoms with E-state index in [1.807, 2.05) is 79.7 Å². The maximum atomic E-state index is 15.0. The van der Waals surface area contributed by atoms with E-state index in [2.05, 4.69) is 57.5 Å². The van der Waals surface area contributed by atoms with E-state index in [0.717, 1.165) is 21.5 Å². The number of aliphatic imine (C=N–C) groups is 1. The third-order valence-electron chi connectivity index (χ3n) is 13.4. The molecule has 0 saturated carbocycles. The molecule has 2 heterocycles. The number of nitrogens with two attached hydrogens (primary N) is 2. The predicted molar refractivity (Wildman–Crippen MR) is 295 cm³/mol. The lowest BCUT2D eigenvalue weighted by Gasteiger charge is -2.28. The smallest absolute Gasteiger partial charge is 0.326 e. The largest absolute Gasteiger partial charge is 0.480 e. The zero-order chi connectivity index (χ0) is 56.8. The number of guanidine groups is 1. The van der Waals surface area contributed by atoms with Crippen molar-refractivity contribution in [3.8, 4) is 0 Å². The first-order chi connectivity index (χ1) is 38.0. The van der Waals surface area contributed by atoms with Crippen molar-refractivity contribution in [1.82, 2.24) is 52.5 Å².